The van der Waals surface area contributed by atoms with Crippen molar-refractivity contribution in [1.82, 2.24) is 4.31 Å². The molecule has 1 saturated heterocycles. The van der Waals surface area contributed by atoms with Crippen LogP contribution in [-0.2, 0) is 10.0 Å². The van der Waals surface area contributed by atoms with Gasteiger partial charge in [-0.15, -0.1) is 0 Å². The largest absolute Gasteiger partial charge is 0.329 e. The van der Waals surface area contributed by atoms with Crippen molar-refractivity contribution in [3.8, 4) is 0 Å². The molecule has 0 bridgehead atoms. The topological polar surface area (TPSA) is 63.4 Å². The van der Waals surface area contributed by atoms with E-state index in [1.807, 2.05) is 11.8 Å². The van der Waals surface area contributed by atoms with Crippen LogP contribution in [-0.4, -0.2) is 48.6 Å². The Bertz CT molecular complexity index is 279. The third kappa shape index (κ3) is 2.62. The first-order valence-corrected chi connectivity index (χ1v) is 7.34. The second-order valence-electron chi connectivity index (χ2n) is 3.63. The molecule has 4 nitrogen and oxygen atoms in total. The summed E-state index contributed by atoms with van der Waals surface area (Å²) in [6.07, 6.45) is 0. The van der Waals surface area contributed by atoms with Crippen LogP contribution in [0.2, 0.25) is 0 Å². The van der Waals surface area contributed by atoms with E-state index in [4.69, 9.17) is 5.73 Å². The van der Waals surface area contributed by atoms with Crippen molar-refractivity contribution in [2.45, 2.75) is 24.3 Å². The molecule has 0 amide bonds. The Kier molecular flexibility index (Phi) is 4.24. The van der Waals surface area contributed by atoms with E-state index in [-0.39, 0.29) is 6.54 Å². The van der Waals surface area contributed by atoms with Crippen LogP contribution in [0.3, 0.4) is 0 Å². The van der Waals surface area contributed by atoms with Crippen molar-refractivity contribution in [3.63, 3.8) is 0 Å². The van der Waals surface area contributed by atoms with Gasteiger partial charge in [-0.25, -0.2) is 8.42 Å². The smallest absolute Gasteiger partial charge is 0.218 e. The molecule has 2 unspecified atom stereocenters. The van der Waals surface area contributed by atoms with E-state index in [0.717, 1.165) is 5.75 Å². The van der Waals surface area contributed by atoms with E-state index in [9.17, 15) is 8.42 Å². The molecule has 1 fully saturated rings. The van der Waals surface area contributed by atoms with Gasteiger partial charge in [-0.2, -0.15) is 16.1 Å². The molecule has 84 valence electrons. The fourth-order valence-electron chi connectivity index (χ4n) is 1.39. The first kappa shape index (κ1) is 12.3. The minimum absolute atomic E-state index is 0.195. The van der Waals surface area contributed by atoms with Crippen molar-refractivity contribution in [1.29, 1.82) is 0 Å². The average molecular weight is 238 g/mol. The second-order valence-corrected chi connectivity index (χ2v) is 7.53. The van der Waals surface area contributed by atoms with E-state index in [2.05, 4.69) is 6.92 Å². The molecule has 0 aromatic heterocycles. The third-order valence-corrected chi connectivity index (χ3v) is 5.80. The van der Waals surface area contributed by atoms with Crippen LogP contribution in [0.15, 0.2) is 0 Å². The highest BCUT2D eigenvalue weighted by Crippen LogP contribution is 2.21. The van der Waals surface area contributed by atoms with Gasteiger partial charge in [0.05, 0.1) is 5.25 Å². The summed E-state index contributed by atoms with van der Waals surface area (Å²) in [5, 5.41) is -0.0682. The van der Waals surface area contributed by atoms with Gasteiger partial charge in [0.15, 0.2) is 0 Å². The molecule has 2 atom stereocenters. The maximum Gasteiger partial charge on any atom is 0.218 e. The first-order valence-electron chi connectivity index (χ1n) is 4.79. The SMILES string of the molecule is CC1CN(S(=O)(=O)C(C)CN)CCS1. The van der Waals surface area contributed by atoms with Crippen LogP contribution in [0.4, 0.5) is 0 Å². The zero-order chi connectivity index (χ0) is 10.8. The molecule has 6 heteroatoms. The Morgan fingerprint density at radius 2 is 2.29 bits per heavy atom. The van der Waals surface area contributed by atoms with Gasteiger partial charge in [0.2, 0.25) is 10.0 Å². The summed E-state index contributed by atoms with van der Waals surface area (Å²) in [6.45, 7) is 5.17. The second kappa shape index (κ2) is 4.83. The van der Waals surface area contributed by atoms with E-state index >= 15 is 0 Å². The molecule has 14 heavy (non-hydrogen) atoms. The van der Waals surface area contributed by atoms with Gasteiger partial charge in [-0.1, -0.05) is 6.92 Å². The highest BCUT2D eigenvalue weighted by Gasteiger charge is 2.31. The summed E-state index contributed by atoms with van der Waals surface area (Å²) in [5.74, 6) is 0.887. The van der Waals surface area contributed by atoms with Gasteiger partial charge in [0, 0.05) is 30.6 Å². The van der Waals surface area contributed by atoms with Gasteiger partial charge in [-0.05, 0) is 6.92 Å². The number of hydrogen-bond acceptors (Lipinski definition) is 4. The highest BCUT2D eigenvalue weighted by atomic mass is 32.2. The van der Waals surface area contributed by atoms with Gasteiger partial charge in [0.25, 0.3) is 0 Å². The molecule has 0 saturated carbocycles. The van der Waals surface area contributed by atoms with Crippen molar-refractivity contribution < 1.29 is 8.42 Å². The van der Waals surface area contributed by atoms with Crippen LogP contribution in [0, 0.1) is 0 Å². The summed E-state index contributed by atoms with van der Waals surface area (Å²) in [6, 6.07) is 0. The number of nitrogens with zero attached hydrogens (tertiary/aromatic N) is 1. The summed E-state index contributed by atoms with van der Waals surface area (Å²) in [7, 11) is -3.15. The Morgan fingerprint density at radius 1 is 1.64 bits per heavy atom. The van der Waals surface area contributed by atoms with E-state index < -0.39 is 15.3 Å². The summed E-state index contributed by atoms with van der Waals surface area (Å²) < 4.78 is 25.4. The molecular weight excluding hydrogens is 220 g/mol. The lowest BCUT2D eigenvalue weighted by Crippen LogP contribution is -2.46. The van der Waals surface area contributed by atoms with Crippen molar-refractivity contribution in [3.05, 3.63) is 0 Å². The highest BCUT2D eigenvalue weighted by molar-refractivity contribution is 8.00. The molecule has 0 spiro atoms. The van der Waals surface area contributed by atoms with Gasteiger partial charge in [-0.3, -0.25) is 0 Å². The Hall–Kier alpha value is 0.220. The van der Waals surface area contributed by atoms with E-state index in [1.54, 1.807) is 11.2 Å². The lowest BCUT2D eigenvalue weighted by atomic mass is 10.4. The van der Waals surface area contributed by atoms with Crippen LogP contribution >= 0.6 is 11.8 Å². The summed E-state index contributed by atoms with van der Waals surface area (Å²) in [4.78, 5) is 0. The summed E-state index contributed by atoms with van der Waals surface area (Å²) in [5.41, 5.74) is 5.39. The Morgan fingerprint density at radius 3 is 2.79 bits per heavy atom. The molecule has 0 radical (unpaired) electrons. The molecule has 1 heterocycles. The van der Waals surface area contributed by atoms with Crippen molar-refractivity contribution >= 4 is 21.8 Å². The standard InChI is InChI=1S/C8H18N2O2S2/c1-7-6-10(3-4-13-7)14(11,12)8(2)5-9/h7-8H,3-6,9H2,1-2H3. The molecule has 1 rings (SSSR count). The Labute approximate surface area is 90.3 Å². The zero-order valence-corrected chi connectivity index (χ0v) is 10.3. The molecule has 1 aliphatic rings. The number of sulfonamides is 1. The lowest BCUT2D eigenvalue weighted by Gasteiger charge is -2.31. The van der Waals surface area contributed by atoms with Crippen LogP contribution < -0.4 is 5.73 Å². The van der Waals surface area contributed by atoms with E-state index in [0.29, 0.717) is 18.3 Å². The fraction of sp³-hybridized carbons (Fsp3) is 1.00. The molecule has 0 aromatic carbocycles. The molecule has 0 aromatic rings. The molecular formula is C8H18N2O2S2. The molecule has 2 N–H and O–H groups in total. The lowest BCUT2D eigenvalue weighted by molar-refractivity contribution is 0.417. The van der Waals surface area contributed by atoms with Crippen LogP contribution in [0.25, 0.3) is 0 Å². The monoisotopic (exact) mass is 238 g/mol. The molecule has 1 aliphatic heterocycles. The van der Waals surface area contributed by atoms with Crippen LogP contribution in [0.1, 0.15) is 13.8 Å². The third-order valence-electron chi connectivity index (χ3n) is 2.40. The van der Waals surface area contributed by atoms with Crippen molar-refractivity contribution in [2.75, 3.05) is 25.4 Å². The maximum absolute atomic E-state index is 11.9. The minimum atomic E-state index is -3.15. The first-order chi connectivity index (χ1) is 6.48. The predicted molar refractivity (Wildman–Crippen MR) is 60.9 cm³/mol. The maximum atomic E-state index is 11.9. The number of hydrogen-bond donors (Lipinski definition) is 1. The van der Waals surface area contributed by atoms with Crippen LogP contribution in [0.5, 0.6) is 0 Å². The normalized spacial score (nSPS) is 27.5. The van der Waals surface area contributed by atoms with Gasteiger partial charge in [0.1, 0.15) is 0 Å². The molecule has 0 aliphatic carbocycles. The van der Waals surface area contributed by atoms with Gasteiger partial charge >= 0.3 is 0 Å². The minimum Gasteiger partial charge on any atom is -0.329 e. The predicted octanol–water partition coefficient (Wildman–Crippen LogP) is 0.101. The number of rotatable bonds is 3. The Balaban J connectivity index is 2.72. The summed E-state index contributed by atoms with van der Waals surface area (Å²) >= 11 is 1.82. The zero-order valence-electron chi connectivity index (χ0n) is 8.64. The average Bonchev–Trinajstić information content (AvgIpc) is 2.16. The van der Waals surface area contributed by atoms with Gasteiger partial charge < -0.3 is 5.73 Å². The number of nitrogens with two attached hydrogens (primary N) is 1. The fourth-order valence-corrected chi connectivity index (χ4v) is 4.15. The number of thioether (sulfide) groups is 1. The quantitative estimate of drug-likeness (QED) is 0.757. The van der Waals surface area contributed by atoms with E-state index in [1.165, 1.54) is 0 Å². The van der Waals surface area contributed by atoms with Crippen molar-refractivity contribution in [2.24, 2.45) is 5.73 Å².